The Morgan fingerprint density at radius 3 is 2.63 bits per heavy atom. The molecule has 1 aromatic heterocycles. The molecule has 2 aromatic rings. The van der Waals surface area contributed by atoms with Gasteiger partial charge in [0.25, 0.3) is 0 Å². The second-order valence-electron chi connectivity index (χ2n) is 7.14. The van der Waals surface area contributed by atoms with E-state index in [0.717, 1.165) is 37.7 Å². The highest BCUT2D eigenvalue weighted by Crippen LogP contribution is 2.28. The molecule has 2 heterocycles. The predicted molar refractivity (Wildman–Crippen MR) is 108 cm³/mol. The molecule has 5 heteroatoms. The molecule has 0 saturated carbocycles. The minimum atomic E-state index is 0.631. The number of ether oxygens (including phenoxy) is 2. The van der Waals surface area contributed by atoms with Gasteiger partial charge in [-0.05, 0) is 55.3 Å². The van der Waals surface area contributed by atoms with E-state index in [2.05, 4.69) is 39.9 Å². The van der Waals surface area contributed by atoms with Gasteiger partial charge >= 0.3 is 0 Å². The molecule has 3 rings (SSSR count). The topological polar surface area (TPSA) is 37.8 Å². The highest BCUT2D eigenvalue weighted by Gasteiger charge is 2.25. The van der Waals surface area contributed by atoms with Gasteiger partial charge in [0.15, 0.2) is 11.5 Å². The zero-order chi connectivity index (χ0) is 19.1. The van der Waals surface area contributed by atoms with Crippen LogP contribution in [0, 0.1) is 0 Å². The van der Waals surface area contributed by atoms with Crippen LogP contribution >= 0.6 is 0 Å². The number of aromatic nitrogens is 1. The fraction of sp³-hybridized carbons (Fsp3) is 0.500. The fourth-order valence-electron chi connectivity index (χ4n) is 3.99. The number of rotatable bonds is 9. The molecule has 0 aliphatic carbocycles. The zero-order valence-electron chi connectivity index (χ0n) is 16.7. The Balaban J connectivity index is 1.76. The molecule has 0 N–H and O–H groups in total. The van der Waals surface area contributed by atoms with Crippen molar-refractivity contribution in [2.75, 3.05) is 33.9 Å². The summed E-state index contributed by atoms with van der Waals surface area (Å²) in [7, 11) is 3.36. The molecule has 0 amide bonds. The van der Waals surface area contributed by atoms with Crippen LogP contribution in [-0.2, 0) is 13.1 Å². The van der Waals surface area contributed by atoms with Crippen LogP contribution in [-0.4, -0.2) is 54.7 Å². The summed E-state index contributed by atoms with van der Waals surface area (Å²) in [4.78, 5) is 9.41. The monoisotopic (exact) mass is 369 g/mol. The van der Waals surface area contributed by atoms with Crippen LogP contribution in [0.25, 0.3) is 0 Å². The van der Waals surface area contributed by atoms with Gasteiger partial charge in [-0.2, -0.15) is 0 Å². The molecule has 1 aromatic carbocycles. The van der Waals surface area contributed by atoms with E-state index in [1.807, 2.05) is 24.5 Å². The Kier molecular flexibility index (Phi) is 7.07. The average Bonchev–Trinajstić information content (AvgIpc) is 3.15. The summed E-state index contributed by atoms with van der Waals surface area (Å²) in [6.45, 7) is 7.45. The SMILES string of the molecule is CCN1CCC[C@@H]1CN(Cc1cccnc1)Cc1ccc(OC)c(OC)c1. The number of likely N-dealkylation sites (N-methyl/N-ethyl adjacent to an activating group) is 1. The molecule has 1 aliphatic rings. The Morgan fingerprint density at radius 1 is 1.11 bits per heavy atom. The van der Waals surface area contributed by atoms with E-state index in [-0.39, 0.29) is 0 Å². The summed E-state index contributed by atoms with van der Waals surface area (Å²) in [5.41, 5.74) is 2.48. The Hall–Kier alpha value is -2.11. The fourth-order valence-corrected chi connectivity index (χ4v) is 3.99. The molecular weight excluding hydrogens is 338 g/mol. The number of nitrogens with zero attached hydrogens (tertiary/aromatic N) is 3. The highest BCUT2D eigenvalue weighted by atomic mass is 16.5. The molecule has 1 fully saturated rings. The minimum Gasteiger partial charge on any atom is -0.493 e. The molecule has 0 unspecified atom stereocenters. The van der Waals surface area contributed by atoms with Crippen molar-refractivity contribution in [1.82, 2.24) is 14.8 Å². The van der Waals surface area contributed by atoms with Crippen molar-refractivity contribution in [3.63, 3.8) is 0 Å². The summed E-state index contributed by atoms with van der Waals surface area (Å²) >= 11 is 0. The largest absolute Gasteiger partial charge is 0.493 e. The molecular formula is C22H31N3O2. The van der Waals surface area contributed by atoms with Crippen LogP contribution in [0.4, 0.5) is 0 Å². The van der Waals surface area contributed by atoms with Gasteiger partial charge in [0.05, 0.1) is 14.2 Å². The van der Waals surface area contributed by atoms with Gasteiger partial charge < -0.3 is 9.47 Å². The van der Waals surface area contributed by atoms with E-state index in [0.29, 0.717) is 6.04 Å². The van der Waals surface area contributed by atoms with E-state index < -0.39 is 0 Å². The quantitative estimate of drug-likeness (QED) is 0.675. The first-order valence-corrected chi connectivity index (χ1v) is 9.79. The number of benzene rings is 1. The average molecular weight is 370 g/mol. The van der Waals surface area contributed by atoms with Crippen molar-refractivity contribution < 1.29 is 9.47 Å². The van der Waals surface area contributed by atoms with Gasteiger partial charge in [0, 0.05) is 38.1 Å². The van der Waals surface area contributed by atoms with E-state index in [1.54, 1.807) is 14.2 Å². The van der Waals surface area contributed by atoms with Crippen molar-refractivity contribution in [2.24, 2.45) is 0 Å². The summed E-state index contributed by atoms with van der Waals surface area (Å²) in [6.07, 6.45) is 6.38. The van der Waals surface area contributed by atoms with Crippen molar-refractivity contribution in [3.8, 4) is 11.5 Å². The maximum Gasteiger partial charge on any atom is 0.161 e. The third kappa shape index (κ3) is 5.21. The van der Waals surface area contributed by atoms with Crippen LogP contribution in [0.1, 0.15) is 30.9 Å². The molecule has 1 aliphatic heterocycles. The first-order valence-electron chi connectivity index (χ1n) is 9.79. The van der Waals surface area contributed by atoms with E-state index in [1.165, 1.54) is 30.5 Å². The molecule has 0 bridgehead atoms. The standard InChI is InChI=1S/C22H31N3O2/c1-4-25-12-6-8-20(25)17-24(16-19-7-5-11-23-14-19)15-18-9-10-21(26-2)22(13-18)27-3/h5,7,9-11,13-14,20H,4,6,8,12,15-17H2,1-3H3/t20-/m1/s1. The Labute approximate surface area is 162 Å². The van der Waals surface area contributed by atoms with Crippen LogP contribution in [0.15, 0.2) is 42.7 Å². The van der Waals surface area contributed by atoms with Crippen molar-refractivity contribution in [3.05, 3.63) is 53.9 Å². The molecule has 1 atom stereocenters. The molecule has 27 heavy (non-hydrogen) atoms. The molecule has 0 spiro atoms. The van der Waals surface area contributed by atoms with Gasteiger partial charge in [0.2, 0.25) is 0 Å². The summed E-state index contributed by atoms with van der Waals surface area (Å²) < 4.78 is 10.9. The number of hydrogen-bond donors (Lipinski definition) is 0. The second-order valence-corrected chi connectivity index (χ2v) is 7.14. The van der Waals surface area contributed by atoms with Crippen LogP contribution in [0.5, 0.6) is 11.5 Å². The smallest absolute Gasteiger partial charge is 0.161 e. The lowest BCUT2D eigenvalue weighted by Gasteiger charge is -2.30. The van der Waals surface area contributed by atoms with Crippen molar-refractivity contribution >= 4 is 0 Å². The lowest BCUT2D eigenvalue weighted by atomic mass is 10.1. The molecule has 1 saturated heterocycles. The lowest BCUT2D eigenvalue weighted by molar-refractivity contribution is 0.166. The second kappa shape index (κ2) is 9.72. The van der Waals surface area contributed by atoms with Crippen LogP contribution in [0.3, 0.4) is 0 Å². The number of methoxy groups -OCH3 is 2. The number of hydrogen-bond acceptors (Lipinski definition) is 5. The van der Waals surface area contributed by atoms with Gasteiger partial charge in [-0.25, -0.2) is 0 Å². The van der Waals surface area contributed by atoms with E-state index in [9.17, 15) is 0 Å². The van der Waals surface area contributed by atoms with Crippen LogP contribution < -0.4 is 9.47 Å². The third-order valence-electron chi connectivity index (χ3n) is 5.36. The number of likely N-dealkylation sites (tertiary alicyclic amines) is 1. The van der Waals surface area contributed by atoms with Crippen LogP contribution in [0.2, 0.25) is 0 Å². The van der Waals surface area contributed by atoms with Gasteiger partial charge in [-0.15, -0.1) is 0 Å². The van der Waals surface area contributed by atoms with Crippen molar-refractivity contribution in [2.45, 2.75) is 38.9 Å². The molecule has 0 radical (unpaired) electrons. The number of pyridine rings is 1. The van der Waals surface area contributed by atoms with E-state index >= 15 is 0 Å². The zero-order valence-corrected chi connectivity index (χ0v) is 16.7. The molecule has 146 valence electrons. The summed E-state index contributed by atoms with van der Waals surface area (Å²) in [5.74, 6) is 1.56. The van der Waals surface area contributed by atoms with Gasteiger partial charge in [-0.3, -0.25) is 14.8 Å². The first kappa shape index (κ1) is 19.6. The predicted octanol–water partition coefficient (Wildman–Crippen LogP) is 3.59. The summed E-state index contributed by atoms with van der Waals surface area (Å²) in [6, 6.07) is 11.0. The molecule has 5 nitrogen and oxygen atoms in total. The highest BCUT2D eigenvalue weighted by molar-refractivity contribution is 5.42. The Bertz CT molecular complexity index is 708. The minimum absolute atomic E-state index is 0.631. The maximum absolute atomic E-state index is 5.48. The Morgan fingerprint density at radius 2 is 1.93 bits per heavy atom. The van der Waals surface area contributed by atoms with Crippen molar-refractivity contribution in [1.29, 1.82) is 0 Å². The lowest BCUT2D eigenvalue weighted by Crippen LogP contribution is -2.39. The third-order valence-corrected chi connectivity index (χ3v) is 5.36. The van der Waals surface area contributed by atoms with E-state index in [4.69, 9.17) is 9.47 Å². The normalized spacial score (nSPS) is 17.4. The van der Waals surface area contributed by atoms with Gasteiger partial charge in [0.1, 0.15) is 0 Å². The summed E-state index contributed by atoms with van der Waals surface area (Å²) in [5, 5.41) is 0. The van der Waals surface area contributed by atoms with Gasteiger partial charge in [-0.1, -0.05) is 19.1 Å². The first-order chi connectivity index (χ1) is 13.2. The maximum atomic E-state index is 5.48.